The lowest BCUT2D eigenvalue weighted by Gasteiger charge is -2.10. The predicted octanol–water partition coefficient (Wildman–Crippen LogP) is 3.90. The highest BCUT2D eigenvalue weighted by Gasteiger charge is 2.15. The maximum Gasteiger partial charge on any atom is 0.301 e. The van der Waals surface area contributed by atoms with Crippen LogP contribution in [0.3, 0.4) is 0 Å². The molecule has 0 saturated carbocycles. The van der Waals surface area contributed by atoms with Crippen LogP contribution < -0.4 is 5.56 Å². The molecule has 0 radical (unpaired) electrons. The second-order valence-electron chi connectivity index (χ2n) is 6.61. The summed E-state index contributed by atoms with van der Waals surface area (Å²) < 4.78 is 1.38. The molecule has 0 N–H and O–H groups in total. The summed E-state index contributed by atoms with van der Waals surface area (Å²) in [6.07, 6.45) is 0.632. The largest absolute Gasteiger partial charge is 0.301 e. The maximum absolute atomic E-state index is 13.2. The summed E-state index contributed by atoms with van der Waals surface area (Å²) in [7, 11) is 0. The fourth-order valence-corrected chi connectivity index (χ4v) is 3.44. The lowest BCUT2D eigenvalue weighted by Crippen LogP contribution is -2.22. The second-order valence-corrected chi connectivity index (χ2v) is 6.61. The van der Waals surface area contributed by atoms with E-state index in [0.717, 1.165) is 27.6 Å². The van der Waals surface area contributed by atoms with Crippen LogP contribution >= 0.6 is 0 Å². The Hall–Kier alpha value is -3.86. The molecule has 0 amide bonds. The van der Waals surface area contributed by atoms with E-state index in [-0.39, 0.29) is 5.56 Å². The lowest BCUT2D eigenvalue weighted by atomic mass is 10.0. The van der Waals surface area contributed by atoms with Gasteiger partial charge in [0.1, 0.15) is 0 Å². The van der Waals surface area contributed by atoms with Crippen molar-refractivity contribution in [1.29, 1.82) is 0 Å². The number of fused-ring (bicyclic) bond motifs is 3. The van der Waals surface area contributed by atoms with E-state index in [0.29, 0.717) is 17.8 Å². The molecule has 0 unspecified atom stereocenters. The molecule has 5 heteroatoms. The van der Waals surface area contributed by atoms with Gasteiger partial charge < -0.3 is 0 Å². The Kier molecular flexibility index (Phi) is 3.91. The van der Waals surface area contributed by atoms with Gasteiger partial charge in [0, 0.05) is 22.8 Å². The molecule has 2 heterocycles. The van der Waals surface area contributed by atoms with Crippen LogP contribution in [0.4, 0.5) is 0 Å². The normalized spacial score (nSPS) is 11.1. The molecule has 5 aromatic rings. The Labute approximate surface area is 160 Å². The Balaban J connectivity index is 1.79. The van der Waals surface area contributed by atoms with Gasteiger partial charge in [0.05, 0.1) is 5.69 Å². The van der Waals surface area contributed by atoms with E-state index in [1.807, 2.05) is 72.8 Å². The highest BCUT2D eigenvalue weighted by Crippen LogP contribution is 2.22. The molecule has 2 aromatic heterocycles. The summed E-state index contributed by atoms with van der Waals surface area (Å²) in [5.41, 5.74) is 3.20. The van der Waals surface area contributed by atoms with Gasteiger partial charge in [-0.1, -0.05) is 84.9 Å². The number of rotatable bonds is 3. The van der Waals surface area contributed by atoms with Crippen LogP contribution in [0.1, 0.15) is 11.3 Å². The van der Waals surface area contributed by atoms with E-state index in [1.165, 1.54) is 4.52 Å². The molecule has 5 rings (SSSR count). The molecule has 28 heavy (non-hydrogen) atoms. The molecule has 0 aliphatic heterocycles. The smallest absolute Gasteiger partial charge is 0.265 e. The number of hydrogen-bond acceptors (Lipinski definition) is 4. The van der Waals surface area contributed by atoms with Crippen molar-refractivity contribution in [3.63, 3.8) is 0 Å². The quantitative estimate of drug-likeness (QED) is 0.456. The van der Waals surface area contributed by atoms with Crippen LogP contribution in [0.25, 0.3) is 27.7 Å². The van der Waals surface area contributed by atoms with Crippen molar-refractivity contribution in [2.45, 2.75) is 6.42 Å². The van der Waals surface area contributed by atoms with Crippen LogP contribution in [0.15, 0.2) is 89.7 Å². The first-order valence-corrected chi connectivity index (χ1v) is 9.08. The van der Waals surface area contributed by atoms with Crippen molar-refractivity contribution in [2.24, 2.45) is 0 Å². The van der Waals surface area contributed by atoms with Crippen LogP contribution in [0.2, 0.25) is 0 Å². The monoisotopic (exact) mass is 364 g/mol. The van der Waals surface area contributed by atoms with E-state index in [1.54, 1.807) is 0 Å². The van der Waals surface area contributed by atoms with Crippen molar-refractivity contribution >= 4 is 16.4 Å². The molecule has 5 nitrogen and oxygen atoms in total. The van der Waals surface area contributed by atoms with Gasteiger partial charge in [-0.05, 0) is 5.56 Å². The van der Waals surface area contributed by atoms with E-state index in [4.69, 9.17) is 0 Å². The zero-order valence-corrected chi connectivity index (χ0v) is 15.0. The third-order valence-electron chi connectivity index (χ3n) is 4.80. The molecule has 0 spiro atoms. The fraction of sp³-hybridized carbons (Fsp3) is 0.0435. The summed E-state index contributed by atoms with van der Waals surface area (Å²) in [6, 6.07) is 27.3. The molecule has 3 aromatic carbocycles. The fourth-order valence-electron chi connectivity index (χ4n) is 3.44. The summed E-state index contributed by atoms with van der Waals surface area (Å²) in [4.78, 5) is 13.2. The molecule has 134 valence electrons. The minimum absolute atomic E-state index is 0.267. The molecule has 0 atom stereocenters. The van der Waals surface area contributed by atoms with Gasteiger partial charge in [-0.25, -0.2) is 0 Å². The van der Waals surface area contributed by atoms with Crippen molar-refractivity contribution in [3.05, 3.63) is 107 Å². The molecular weight excluding hydrogens is 348 g/mol. The molecule has 0 aliphatic rings. The summed E-state index contributed by atoms with van der Waals surface area (Å²) >= 11 is 0. The van der Waals surface area contributed by atoms with Gasteiger partial charge in [0.15, 0.2) is 11.3 Å². The number of nitrogens with zero attached hydrogens (tertiary/aromatic N) is 4. The van der Waals surface area contributed by atoms with Gasteiger partial charge in [-0.2, -0.15) is 9.61 Å². The summed E-state index contributed by atoms with van der Waals surface area (Å²) in [5.74, 6) is 0. The first-order valence-electron chi connectivity index (χ1n) is 9.08. The number of benzene rings is 3. The van der Waals surface area contributed by atoms with Crippen molar-refractivity contribution in [2.75, 3.05) is 0 Å². The predicted molar refractivity (Wildman–Crippen MR) is 109 cm³/mol. The Morgan fingerprint density at radius 3 is 2.11 bits per heavy atom. The maximum atomic E-state index is 13.2. The average Bonchev–Trinajstić information content (AvgIpc) is 2.76. The Morgan fingerprint density at radius 1 is 0.714 bits per heavy atom. The van der Waals surface area contributed by atoms with Crippen LogP contribution in [-0.2, 0) is 6.42 Å². The highest BCUT2D eigenvalue weighted by atomic mass is 16.1. The van der Waals surface area contributed by atoms with E-state index < -0.39 is 0 Å². The van der Waals surface area contributed by atoms with Gasteiger partial charge in [0.25, 0.3) is 0 Å². The zero-order chi connectivity index (χ0) is 18.9. The summed E-state index contributed by atoms with van der Waals surface area (Å²) in [5, 5.41) is 15.1. The average molecular weight is 364 g/mol. The third-order valence-corrected chi connectivity index (χ3v) is 4.80. The summed E-state index contributed by atoms with van der Waals surface area (Å²) in [6.45, 7) is 0. The molecular formula is C23H16N4O. The molecule has 0 saturated heterocycles. The topological polar surface area (TPSA) is 60.2 Å². The Bertz CT molecular complexity index is 1350. The van der Waals surface area contributed by atoms with E-state index in [2.05, 4.69) is 27.4 Å². The van der Waals surface area contributed by atoms with E-state index >= 15 is 0 Å². The number of hydrogen-bond donors (Lipinski definition) is 0. The first kappa shape index (κ1) is 16.3. The second kappa shape index (κ2) is 6.70. The van der Waals surface area contributed by atoms with Crippen LogP contribution in [0, 0.1) is 0 Å². The van der Waals surface area contributed by atoms with Gasteiger partial charge in [-0.15, -0.1) is 10.2 Å². The standard InChI is InChI=1S/C23H16N4O/c28-23-21(17-11-5-2-6-12-17)24-25-22-19-14-8-7-13-18(19)20(26-27(22)23)15-16-9-3-1-4-10-16/h1-14H,15H2. The van der Waals surface area contributed by atoms with Crippen LogP contribution in [0.5, 0.6) is 0 Å². The van der Waals surface area contributed by atoms with Crippen molar-refractivity contribution in [1.82, 2.24) is 19.8 Å². The van der Waals surface area contributed by atoms with E-state index in [9.17, 15) is 4.79 Å². The highest BCUT2D eigenvalue weighted by molar-refractivity contribution is 5.95. The molecule has 0 bridgehead atoms. The number of aromatic nitrogens is 4. The van der Waals surface area contributed by atoms with Gasteiger partial charge in [-0.3, -0.25) is 4.79 Å². The third kappa shape index (κ3) is 2.74. The SMILES string of the molecule is O=c1c(-c2ccccc2)nnc2c3ccccc3c(Cc3ccccc3)nn12. The Morgan fingerprint density at radius 2 is 1.36 bits per heavy atom. The first-order chi connectivity index (χ1) is 13.8. The minimum Gasteiger partial charge on any atom is -0.265 e. The van der Waals surface area contributed by atoms with Crippen LogP contribution in [-0.4, -0.2) is 19.8 Å². The van der Waals surface area contributed by atoms with Crippen molar-refractivity contribution < 1.29 is 0 Å². The zero-order valence-electron chi connectivity index (χ0n) is 15.0. The lowest BCUT2D eigenvalue weighted by molar-refractivity contribution is 0.810. The molecule has 0 fully saturated rings. The van der Waals surface area contributed by atoms with Gasteiger partial charge in [0.2, 0.25) is 0 Å². The van der Waals surface area contributed by atoms with Crippen molar-refractivity contribution in [3.8, 4) is 11.3 Å². The molecule has 0 aliphatic carbocycles. The van der Waals surface area contributed by atoms with Gasteiger partial charge >= 0.3 is 5.56 Å². The minimum atomic E-state index is -0.267.